The molecule has 0 bridgehead atoms. The molecule has 1 aromatic heterocycles. The van der Waals surface area contributed by atoms with Crippen LogP contribution in [0.5, 0.6) is 5.75 Å². The number of morpholine rings is 1. The number of amides is 1. The van der Waals surface area contributed by atoms with Crippen LogP contribution >= 0.6 is 11.3 Å². The van der Waals surface area contributed by atoms with E-state index in [0.29, 0.717) is 32.1 Å². The summed E-state index contributed by atoms with van der Waals surface area (Å²) in [5.74, 6) is 0.158. The molecule has 3 aromatic rings. The summed E-state index contributed by atoms with van der Waals surface area (Å²) in [5.41, 5.74) is 0.987. The highest BCUT2D eigenvalue weighted by Crippen LogP contribution is 2.26. The van der Waals surface area contributed by atoms with E-state index in [0.717, 1.165) is 10.4 Å². The number of nitrogens with one attached hydrogen (secondary N) is 1. The largest absolute Gasteiger partial charge is 0.484 e. The van der Waals surface area contributed by atoms with Gasteiger partial charge in [-0.1, -0.05) is 36.4 Å². The van der Waals surface area contributed by atoms with Gasteiger partial charge in [0, 0.05) is 18.0 Å². The molecule has 2 aromatic carbocycles. The average molecular weight is 473 g/mol. The molecule has 0 spiro atoms. The first kappa shape index (κ1) is 22.5. The monoisotopic (exact) mass is 472 g/mol. The van der Waals surface area contributed by atoms with Crippen molar-refractivity contribution in [1.29, 1.82) is 0 Å². The van der Waals surface area contributed by atoms with Crippen LogP contribution in [-0.2, 0) is 19.6 Å². The summed E-state index contributed by atoms with van der Waals surface area (Å²) in [4.78, 5) is 13.8. The lowest BCUT2D eigenvalue weighted by Gasteiger charge is -2.26. The van der Waals surface area contributed by atoms with E-state index in [9.17, 15) is 13.2 Å². The van der Waals surface area contributed by atoms with Crippen LogP contribution in [0, 0.1) is 0 Å². The normalized spacial score (nSPS) is 15.8. The van der Waals surface area contributed by atoms with Crippen molar-refractivity contribution in [2.45, 2.75) is 10.9 Å². The second kappa shape index (κ2) is 10.3. The predicted molar refractivity (Wildman–Crippen MR) is 122 cm³/mol. The number of ether oxygens (including phenoxy) is 2. The SMILES string of the molecule is O=C(COc1ccc(S(=O)(=O)N2CCOCC2)cc1)N[C@H](c1ccccc1)c1cccs1. The van der Waals surface area contributed by atoms with Crippen molar-refractivity contribution in [2.24, 2.45) is 0 Å². The Morgan fingerprint density at radius 1 is 1.03 bits per heavy atom. The van der Waals surface area contributed by atoms with E-state index in [1.54, 1.807) is 23.5 Å². The fourth-order valence-corrected chi connectivity index (χ4v) is 5.63. The molecule has 4 rings (SSSR count). The van der Waals surface area contributed by atoms with E-state index >= 15 is 0 Å². The van der Waals surface area contributed by atoms with E-state index in [-0.39, 0.29) is 23.5 Å². The lowest BCUT2D eigenvalue weighted by molar-refractivity contribution is -0.123. The summed E-state index contributed by atoms with van der Waals surface area (Å²) in [5, 5.41) is 4.99. The lowest BCUT2D eigenvalue weighted by atomic mass is 10.1. The maximum Gasteiger partial charge on any atom is 0.258 e. The van der Waals surface area contributed by atoms with Gasteiger partial charge >= 0.3 is 0 Å². The molecule has 1 atom stereocenters. The summed E-state index contributed by atoms with van der Waals surface area (Å²) < 4.78 is 37.6. The lowest BCUT2D eigenvalue weighted by Crippen LogP contribution is -2.40. The predicted octanol–water partition coefficient (Wildman–Crippen LogP) is 3.05. The fraction of sp³-hybridized carbons (Fsp3) is 0.261. The van der Waals surface area contributed by atoms with Crippen LogP contribution in [0.2, 0.25) is 0 Å². The van der Waals surface area contributed by atoms with Gasteiger partial charge in [-0.2, -0.15) is 4.31 Å². The van der Waals surface area contributed by atoms with Gasteiger partial charge in [0.1, 0.15) is 5.75 Å². The summed E-state index contributed by atoms with van der Waals surface area (Å²) >= 11 is 1.57. The molecule has 9 heteroatoms. The van der Waals surface area contributed by atoms with Gasteiger partial charge in [-0.05, 0) is 41.3 Å². The molecule has 168 valence electrons. The number of carbonyl (C=O) groups excluding carboxylic acids is 1. The number of hydrogen-bond acceptors (Lipinski definition) is 6. The molecule has 0 radical (unpaired) electrons. The Kier molecular flexibility index (Phi) is 7.21. The van der Waals surface area contributed by atoms with Crippen LogP contribution in [0.25, 0.3) is 0 Å². The van der Waals surface area contributed by atoms with Crippen LogP contribution < -0.4 is 10.1 Å². The zero-order valence-corrected chi connectivity index (χ0v) is 19.0. The standard InChI is InChI=1S/C23H24N2O5S2/c26-22(24-23(21-7-4-16-31-21)18-5-2-1-3-6-18)17-30-19-8-10-20(11-9-19)32(27,28)25-12-14-29-15-13-25/h1-11,16,23H,12-15,17H2,(H,24,26)/t23-/m1/s1. The van der Waals surface area contributed by atoms with Gasteiger partial charge in [0.05, 0.1) is 24.2 Å². The van der Waals surface area contributed by atoms with Gasteiger partial charge in [-0.3, -0.25) is 4.79 Å². The number of nitrogens with zero attached hydrogens (tertiary/aromatic N) is 1. The minimum Gasteiger partial charge on any atom is -0.484 e. The number of benzene rings is 2. The average Bonchev–Trinajstić information content (AvgIpc) is 3.37. The topological polar surface area (TPSA) is 84.9 Å². The van der Waals surface area contributed by atoms with Gasteiger partial charge in [0.2, 0.25) is 10.0 Å². The van der Waals surface area contributed by atoms with Crippen molar-refractivity contribution >= 4 is 27.3 Å². The summed E-state index contributed by atoms with van der Waals surface area (Å²) in [6.45, 7) is 1.29. The van der Waals surface area contributed by atoms with Gasteiger partial charge in [-0.25, -0.2) is 8.42 Å². The van der Waals surface area contributed by atoms with Gasteiger partial charge in [0.25, 0.3) is 5.91 Å². The molecule has 7 nitrogen and oxygen atoms in total. The first-order chi connectivity index (χ1) is 15.5. The summed E-state index contributed by atoms with van der Waals surface area (Å²) in [7, 11) is -3.56. The minimum atomic E-state index is -3.56. The minimum absolute atomic E-state index is 0.176. The van der Waals surface area contributed by atoms with Gasteiger partial charge in [-0.15, -0.1) is 11.3 Å². The Hall–Kier alpha value is -2.72. The third-order valence-corrected chi connectivity index (χ3v) is 7.92. The Balaban J connectivity index is 1.37. The molecule has 1 N–H and O–H groups in total. The van der Waals surface area contributed by atoms with Crippen LogP contribution in [0.15, 0.2) is 77.0 Å². The molecule has 2 heterocycles. The molecular formula is C23H24N2O5S2. The fourth-order valence-electron chi connectivity index (χ4n) is 3.42. The number of rotatable bonds is 8. The number of carbonyl (C=O) groups is 1. The Morgan fingerprint density at radius 3 is 2.41 bits per heavy atom. The summed E-state index contributed by atoms with van der Waals surface area (Å²) in [6, 6.07) is 19.5. The smallest absolute Gasteiger partial charge is 0.258 e. The van der Waals surface area contributed by atoms with E-state index in [4.69, 9.17) is 9.47 Å². The number of hydrogen-bond donors (Lipinski definition) is 1. The molecule has 1 amide bonds. The molecule has 1 aliphatic rings. The van der Waals surface area contributed by atoms with E-state index in [2.05, 4.69) is 5.32 Å². The van der Waals surface area contributed by atoms with Crippen molar-refractivity contribution in [2.75, 3.05) is 32.9 Å². The van der Waals surface area contributed by atoms with E-state index < -0.39 is 10.0 Å². The quantitative estimate of drug-likeness (QED) is 0.545. The molecule has 1 fully saturated rings. The highest BCUT2D eigenvalue weighted by Gasteiger charge is 2.26. The Labute approximate surface area is 191 Å². The van der Waals surface area contributed by atoms with E-state index in [1.165, 1.54) is 16.4 Å². The molecule has 32 heavy (non-hydrogen) atoms. The molecule has 0 unspecified atom stereocenters. The van der Waals surface area contributed by atoms with Crippen molar-refractivity contribution in [3.8, 4) is 5.75 Å². The first-order valence-electron chi connectivity index (χ1n) is 10.2. The van der Waals surface area contributed by atoms with Crippen LogP contribution in [-0.4, -0.2) is 51.5 Å². The zero-order chi connectivity index (χ0) is 22.4. The van der Waals surface area contributed by atoms with Gasteiger partial charge < -0.3 is 14.8 Å². The molecule has 0 saturated carbocycles. The first-order valence-corrected chi connectivity index (χ1v) is 12.5. The van der Waals surface area contributed by atoms with Crippen LogP contribution in [0.1, 0.15) is 16.5 Å². The van der Waals surface area contributed by atoms with Crippen LogP contribution in [0.4, 0.5) is 0 Å². The van der Waals surface area contributed by atoms with Crippen LogP contribution in [0.3, 0.4) is 0 Å². The van der Waals surface area contributed by atoms with Crippen molar-refractivity contribution < 1.29 is 22.7 Å². The Bertz CT molecular complexity index is 1110. The summed E-state index contributed by atoms with van der Waals surface area (Å²) in [6.07, 6.45) is 0. The highest BCUT2D eigenvalue weighted by atomic mass is 32.2. The highest BCUT2D eigenvalue weighted by molar-refractivity contribution is 7.89. The molecular weight excluding hydrogens is 448 g/mol. The van der Waals surface area contributed by atoms with Crippen molar-refractivity contribution in [3.63, 3.8) is 0 Å². The maximum atomic E-state index is 12.7. The van der Waals surface area contributed by atoms with Crippen molar-refractivity contribution in [3.05, 3.63) is 82.6 Å². The van der Waals surface area contributed by atoms with Gasteiger partial charge in [0.15, 0.2) is 6.61 Å². The van der Waals surface area contributed by atoms with Crippen molar-refractivity contribution in [1.82, 2.24) is 9.62 Å². The molecule has 0 aliphatic carbocycles. The number of sulfonamides is 1. The molecule has 1 aliphatic heterocycles. The maximum absolute atomic E-state index is 12.7. The molecule has 1 saturated heterocycles. The second-order valence-corrected chi connectivity index (χ2v) is 10.1. The number of thiophene rings is 1. The van der Waals surface area contributed by atoms with E-state index in [1.807, 2.05) is 47.8 Å². The Morgan fingerprint density at radius 2 is 1.75 bits per heavy atom. The zero-order valence-electron chi connectivity index (χ0n) is 17.3. The third-order valence-electron chi connectivity index (χ3n) is 5.07. The second-order valence-electron chi connectivity index (χ2n) is 7.20. The third kappa shape index (κ3) is 5.36.